The molecule has 0 aliphatic rings. The highest BCUT2D eigenvalue weighted by molar-refractivity contribution is 6.32. The van der Waals surface area contributed by atoms with Crippen LogP contribution in [0.1, 0.15) is 18.1 Å². The maximum atomic E-state index is 8.62. The number of hydrogen-bond acceptors (Lipinski definition) is 4. The monoisotopic (exact) mass is 339 g/mol. The predicted octanol–water partition coefficient (Wildman–Crippen LogP) is 4.78. The van der Waals surface area contributed by atoms with Crippen LogP contribution in [0.15, 0.2) is 41.6 Å². The quantitative estimate of drug-likeness (QED) is 0.468. The van der Waals surface area contributed by atoms with Crippen molar-refractivity contribution in [1.29, 1.82) is 0 Å². The lowest BCUT2D eigenvalue weighted by Gasteiger charge is -2.14. The Morgan fingerprint density at radius 3 is 2.50 bits per heavy atom. The molecule has 6 heteroatoms. The molecule has 0 unspecified atom stereocenters. The van der Waals surface area contributed by atoms with E-state index in [1.165, 1.54) is 6.21 Å². The molecule has 4 nitrogen and oxygen atoms in total. The van der Waals surface area contributed by atoms with Gasteiger partial charge in [0, 0.05) is 10.6 Å². The van der Waals surface area contributed by atoms with E-state index >= 15 is 0 Å². The Hall–Kier alpha value is -1.91. The molecule has 2 aromatic rings. The van der Waals surface area contributed by atoms with Gasteiger partial charge in [0.15, 0.2) is 11.5 Å². The molecule has 0 amide bonds. The van der Waals surface area contributed by atoms with Gasteiger partial charge < -0.3 is 14.7 Å². The van der Waals surface area contributed by atoms with E-state index in [-0.39, 0.29) is 0 Å². The molecule has 0 aliphatic carbocycles. The summed E-state index contributed by atoms with van der Waals surface area (Å²) < 4.78 is 11.3. The van der Waals surface area contributed by atoms with Crippen LogP contribution in [0.2, 0.25) is 10.0 Å². The fourth-order valence-electron chi connectivity index (χ4n) is 1.87. The van der Waals surface area contributed by atoms with E-state index < -0.39 is 0 Å². The summed E-state index contributed by atoms with van der Waals surface area (Å²) in [5, 5.41) is 12.7. The van der Waals surface area contributed by atoms with Crippen LogP contribution in [0.25, 0.3) is 0 Å². The Bertz CT molecular complexity index is 657. The molecule has 0 saturated heterocycles. The van der Waals surface area contributed by atoms with Gasteiger partial charge in [-0.15, -0.1) is 0 Å². The Morgan fingerprint density at radius 2 is 1.86 bits per heavy atom. The van der Waals surface area contributed by atoms with E-state index in [9.17, 15) is 0 Å². The van der Waals surface area contributed by atoms with E-state index in [1.54, 1.807) is 24.3 Å². The lowest BCUT2D eigenvalue weighted by atomic mass is 10.2. The van der Waals surface area contributed by atoms with Crippen LogP contribution in [0, 0.1) is 0 Å². The van der Waals surface area contributed by atoms with Crippen molar-refractivity contribution in [3.05, 3.63) is 57.6 Å². The summed E-state index contributed by atoms with van der Waals surface area (Å²) in [6.45, 7) is 2.67. The van der Waals surface area contributed by atoms with Gasteiger partial charge in [-0.3, -0.25) is 0 Å². The molecule has 0 aromatic heterocycles. The SMILES string of the molecule is CCOc1cc(/C=N/O)cc(Cl)c1OCc1ccc(Cl)cc1. The van der Waals surface area contributed by atoms with E-state index in [4.69, 9.17) is 37.9 Å². The Balaban J connectivity index is 2.22. The molecule has 0 aliphatic heterocycles. The normalized spacial score (nSPS) is 10.9. The molecule has 0 bridgehead atoms. The van der Waals surface area contributed by atoms with Crippen LogP contribution >= 0.6 is 23.2 Å². The minimum absolute atomic E-state index is 0.338. The van der Waals surface area contributed by atoms with Crippen molar-refractivity contribution < 1.29 is 14.7 Å². The highest BCUT2D eigenvalue weighted by Gasteiger charge is 2.12. The maximum Gasteiger partial charge on any atom is 0.180 e. The molecule has 22 heavy (non-hydrogen) atoms. The Morgan fingerprint density at radius 1 is 1.14 bits per heavy atom. The standard InChI is InChI=1S/C16H15Cl2NO3/c1-2-21-15-8-12(9-19-20)7-14(18)16(15)22-10-11-3-5-13(17)6-4-11/h3-9,20H,2,10H2,1H3/b19-9+. The highest BCUT2D eigenvalue weighted by atomic mass is 35.5. The van der Waals surface area contributed by atoms with Gasteiger partial charge >= 0.3 is 0 Å². The molecule has 0 spiro atoms. The molecule has 1 N–H and O–H groups in total. The molecule has 0 saturated carbocycles. The first-order valence-electron chi connectivity index (χ1n) is 6.65. The van der Waals surface area contributed by atoms with Crippen LogP contribution in [-0.2, 0) is 6.61 Å². The van der Waals surface area contributed by atoms with Gasteiger partial charge in [0.05, 0.1) is 17.8 Å². The van der Waals surface area contributed by atoms with Crippen LogP contribution in [-0.4, -0.2) is 18.0 Å². The second kappa shape index (κ2) is 7.92. The third kappa shape index (κ3) is 4.29. The van der Waals surface area contributed by atoms with Crippen molar-refractivity contribution in [3.8, 4) is 11.5 Å². The molecular formula is C16H15Cl2NO3. The summed E-state index contributed by atoms with van der Waals surface area (Å²) in [6.07, 6.45) is 1.28. The molecular weight excluding hydrogens is 325 g/mol. The van der Waals surface area contributed by atoms with Crippen molar-refractivity contribution >= 4 is 29.4 Å². The van der Waals surface area contributed by atoms with Gasteiger partial charge in [-0.1, -0.05) is 40.5 Å². The second-order valence-corrected chi connectivity index (χ2v) is 5.27. The number of rotatable bonds is 6. The zero-order valence-corrected chi connectivity index (χ0v) is 13.4. The molecule has 0 atom stereocenters. The minimum atomic E-state index is 0.338. The number of nitrogens with zero attached hydrogens (tertiary/aromatic N) is 1. The van der Waals surface area contributed by atoms with Gasteiger partial charge in [0.1, 0.15) is 6.61 Å². The first-order chi connectivity index (χ1) is 10.6. The lowest BCUT2D eigenvalue weighted by molar-refractivity contribution is 0.269. The topological polar surface area (TPSA) is 51.0 Å². The van der Waals surface area contributed by atoms with Gasteiger partial charge in [0.25, 0.3) is 0 Å². The van der Waals surface area contributed by atoms with Crippen molar-refractivity contribution in [2.75, 3.05) is 6.61 Å². The van der Waals surface area contributed by atoms with Crippen molar-refractivity contribution in [2.45, 2.75) is 13.5 Å². The molecule has 0 fully saturated rings. The third-order valence-corrected chi connectivity index (χ3v) is 3.37. The fraction of sp³-hybridized carbons (Fsp3) is 0.188. The van der Waals surface area contributed by atoms with Crippen molar-refractivity contribution in [3.63, 3.8) is 0 Å². The number of hydrogen-bond donors (Lipinski definition) is 1. The van der Waals surface area contributed by atoms with E-state index in [2.05, 4.69) is 5.16 Å². The smallest absolute Gasteiger partial charge is 0.180 e. The van der Waals surface area contributed by atoms with Gasteiger partial charge in [-0.25, -0.2) is 0 Å². The first-order valence-corrected chi connectivity index (χ1v) is 7.40. The van der Waals surface area contributed by atoms with Gasteiger partial charge in [-0.05, 0) is 36.8 Å². The first kappa shape index (κ1) is 16.5. The fourth-order valence-corrected chi connectivity index (χ4v) is 2.27. The summed E-state index contributed by atoms with van der Waals surface area (Å²) >= 11 is 12.1. The van der Waals surface area contributed by atoms with Gasteiger partial charge in [0.2, 0.25) is 0 Å². The third-order valence-electron chi connectivity index (χ3n) is 2.83. The van der Waals surface area contributed by atoms with Crippen LogP contribution in [0.4, 0.5) is 0 Å². The molecule has 2 aromatic carbocycles. The van der Waals surface area contributed by atoms with E-state index in [0.29, 0.717) is 40.3 Å². The van der Waals surface area contributed by atoms with Crippen LogP contribution in [0.5, 0.6) is 11.5 Å². The average molecular weight is 340 g/mol. The maximum absolute atomic E-state index is 8.62. The van der Waals surface area contributed by atoms with Gasteiger partial charge in [-0.2, -0.15) is 0 Å². The lowest BCUT2D eigenvalue weighted by Crippen LogP contribution is -2.01. The van der Waals surface area contributed by atoms with Crippen molar-refractivity contribution in [2.24, 2.45) is 5.16 Å². The van der Waals surface area contributed by atoms with Crippen molar-refractivity contribution in [1.82, 2.24) is 0 Å². The minimum Gasteiger partial charge on any atom is -0.490 e. The highest BCUT2D eigenvalue weighted by Crippen LogP contribution is 2.37. The largest absolute Gasteiger partial charge is 0.490 e. The molecule has 2 rings (SSSR count). The molecule has 0 radical (unpaired) electrons. The summed E-state index contributed by atoms with van der Waals surface area (Å²) in [6, 6.07) is 10.7. The Labute approximate surface area is 138 Å². The van der Waals surface area contributed by atoms with E-state index in [0.717, 1.165) is 5.56 Å². The number of oxime groups is 1. The number of benzene rings is 2. The number of halogens is 2. The predicted molar refractivity (Wildman–Crippen MR) is 87.8 cm³/mol. The van der Waals surface area contributed by atoms with E-state index in [1.807, 2.05) is 19.1 Å². The number of ether oxygens (including phenoxy) is 2. The zero-order chi connectivity index (χ0) is 15.9. The summed E-state index contributed by atoms with van der Waals surface area (Å²) in [4.78, 5) is 0. The summed E-state index contributed by atoms with van der Waals surface area (Å²) in [5.74, 6) is 0.951. The summed E-state index contributed by atoms with van der Waals surface area (Å²) in [7, 11) is 0. The second-order valence-electron chi connectivity index (χ2n) is 4.42. The zero-order valence-electron chi connectivity index (χ0n) is 11.9. The van der Waals surface area contributed by atoms with Crippen LogP contribution < -0.4 is 9.47 Å². The van der Waals surface area contributed by atoms with Crippen LogP contribution in [0.3, 0.4) is 0 Å². The molecule has 116 valence electrons. The summed E-state index contributed by atoms with van der Waals surface area (Å²) in [5.41, 5.74) is 1.58. The molecule has 0 heterocycles. The Kier molecular flexibility index (Phi) is 5.92. The average Bonchev–Trinajstić information content (AvgIpc) is 2.49.